The summed E-state index contributed by atoms with van der Waals surface area (Å²) in [5, 5.41) is 8.30. The number of carbonyl (C=O) groups excluding carboxylic acids is 1. The molecule has 142 valence electrons. The molecule has 0 spiro atoms. The molecule has 2 amide bonds. The number of urea groups is 1. The number of thiophene rings is 1. The van der Waals surface area contributed by atoms with Crippen LogP contribution in [0.2, 0.25) is 0 Å². The number of halogens is 2. The van der Waals surface area contributed by atoms with E-state index in [1.165, 1.54) is 6.07 Å². The SMILES string of the molecule is O=C(NCC(c1cccs1)c1c[nH]c2ccccc12)Nc1ccc(F)cc1F. The lowest BCUT2D eigenvalue weighted by Gasteiger charge is -2.17. The van der Waals surface area contributed by atoms with Crippen molar-refractivity contribution < 1.29 is 13.6 Å². The molecule has 2 heterocycles. The molecule has 0 fully saturated rings. The second-order valence-electron chi connectivity index (χ2n) is 6.32. The summed E-state index contributed by atoms with van der Waals surface area (Å²) in [6.07, 6.45) is 1.95. The van der Waals surface area contributed by atoms with Crippen molar-refractivity contribution in [3.05, 3.63) is 88.2 Å². The Labute approximate surface area is 164 Å². The molecule has 4 nitrogen and oxygen atoms in total. The van der Waals surface area contributed by atoms with Crippen LogP contribution in [0.15, 0.2) is 66.2 Å². The van der Waals surface area contributed by atoms with Gasteiger partial charge in [0.25, 0.3) is 0 Å². The quantitative estimate of drug-likeness (QED) is 0.411. The molecule has 0 bridgehead atoms. The highest BCUT2D eigenvalue weighted by Gasteiger charge is 2.20. The van der Waals surface area contributed by atoms with E-state index >= 15 is 0 Å². The van der Waals surface area contributed by atoms with Crippen LogP contribution in [0.3, 0.4) is 0 Å². The molecule has 1 unspecified atom stereocenters. The first-order chi connectivity index (χ1) is 13.6. The number of amides is 2. The Morgan fingerprint density at radius 1 is 1.11 bits per heavy atom. The summed E-state index contributed by atoms with van der Waals surface area (Å²) in [5.41, 5.74) is 2.03. The van der Waals surface area contributed by atoms with E-state index in [0.717, 1.165) is 33.5 Å². The fraction of sp³-hybridized carbons (Fsp3) is 0.0952. The smallest absolute Gasteiger partial charge is 0.319 e. The number of fused-ring (bicyclic) bond motifs is 1. The molecule has 2 aromatic carbocycles. The number of hydrogen-bond acceptors (Lipinski definition) is 2. The van der Waals surface area contributed by atoms with Gasteiger partial charge in [-0.05, 0) is 35.2 Å². The fourth-order valence-electron chi connectivity index (χ4n) is 3.19. The Morgan fingerprint density at radius 2 is 1.96 bits per heavy atom. The lowest BCUT2D eigenvalue weighted by atomic mass is 9.97. The molecular formula is C21H17F2N3OS. The van der Waals surface area contributed by atoms with Gasteiger partial charge in [0, 0.05) is 40.5 Å². The van der Waals surface area contributed by atoms with Crippen LogP contribution < -0.4 is 10.6 Å². The third kappa shape index (κ3) is 3.75. The molecule has 4 rings (SSSR count). The largest absolute Gasteiger partial charge is 0.361 e. The van der Waals surface area contributed by atoms with E-state index in [2.05, 4.69) is 15.6 Å². The minimum atomic E-state index is -0.818. The zero-order chi connectivity index (χ0) is 19.5. The van der Waals surface area contributed by atoms with Gasteiger partial charge < -0.3 is 15.6 Å². The molecular weight excluding hydrogens is 380 g/mol. The van der Waals surface area contributed by atoms with Gasteiger partial charge >= 0.3 is 6.03 Å². The second kappa shape index (κ2) is 7.82. The summed E-state index contributed by atoms with van der Waals surface area (Å²) in [5.74, 6) is -1.57. The molecule has 0 radical (unpaired) electrons. The molecule has 0 aliphatic rings. The minimum absolute atomic E-state index is 0.0556. The van der Waals surface area contributed by atoms with Crippen molar-refractivity contribution in [1.29, 1.82) is 0 Å². The van der Waals surface area contributed by atoms with Crippen molar-refractivity contribution in [1.82, 2.24) is 10.3 Å². The molecule has 7 heteroatoms. The monoisotopic (exact) mass is 397 g/mol. The zero-order valence-electron chi connectivity index (χ0n) is 14.7. The highest BCUT2D eigenvalue weighted by atomic mass is 32.1. The summed E-state index contributed by atoms with van der Waals surface area (Å²) in [6, 6.07) is 14.4. The lowest BCUT2D eigenvalue weighted by Crippen LogP contribution is -2.32. The maximum absolute atomic E-state index is 13.7. The summed E-state index contributed by atoms with van der Waals surface area (Å²) in [4.78, 5) is 16.6. The first-order valence-corrected chi connectivity index (χ1v) is 9.59. The van der Waals surface area contributed by atoms with Crippen molar-refractivity contribution >= 4 is 34.0 Å². The topological polar surface area (TPSA) is 56.9 Å². The zero-order valence-corrected chi connectivity index (χ0v) is 15.5. The first kappa shape index (κ1) is 18.2. The maximum atomic E-state index is 13.7. The number of anilines is 1. The predicted octanol–water partition coefficient (Wildman–Crippen LogP) is 5.46. The van der Waals surface area contributed by atoms with Crippen molar-refractivity contribution in [3.8, 4) is 0 Å². The van der Waals surface area contributed by atoms with Gasteiger partial charge in [0.2, 0.25) is 0 Å². The Hall–Kier alpha value is -3.19. The first-order valence-electron chi connectivity index (χ1n) is 8.71. The summed E-state index contributed by atoms with van der Waals surface area (Å²) < 4.78 is 26.8. The van der Waals surface area contributed by atoms with Crippen LogP contribution in [-0.2, 0) is 0 Å². The average molecular weight is 397 g/mol. The van der Waals surface area contributed by atoms with Crippen LogP contribution in [0.1, 0.15) is 16.4 Å². The Kier molecular flexibility index (Phi) is 5.08. The predicted molar refractivity (Wildman–Crippen MR) is 108 cm³/mol. The summed E-state index contributed by atoms with van der Waals surface area (Å²) in [7, 11) is 0. The van der Waals surface area contributed by atoms with Crippen LogP contribution in [0.5, 0.6) is 0 Å². The highest BCUT2D eigenvalue weighted by Crippen LogP contribution is 2.32. The molecule has 3 N–H and O–H groups in total. The van der Waals surface area contributed by atoms with Crippen molar-refractivity contribution in [3.63, 3.8) is 0 Å². The van der Waals surface area contributed by atoms with Crippen LogP contribution in [0, 0.1) is 11.6 Å². The number of aromatic nitrogens is 1. The van der Waals surface area contributed by atoms with Crippen molar-refractivity contribution in [2.45, 2.75) is 5.92 Å². The lowest BCUT2D eigenvalue weighted by molar-refractivity contribution is 0.251. The van der Waals surface area contributed by atoms with Crippen LogP contribution in [0.4, 0.5) is 19.3 Å². The number of benzene rings is 2. The van der Waals surface area contributed by atoms with E-state index in [4.69, 9.17) is 0 Å². The third-order valence-corrected chi connectivity index (χ3v) is 5.52. The van der Waals surface area contributed by atoms with E-state index in [1.54, 1.807) is 11.3 Å². The molecule has 1 atom stereocenters. The Bertz CT molecular complexity index is 1110. The minimum Gasteiger partial charge on any atom is -0.361 e. The number of aromatic amines is 1. The molecule has 0 aliphatic heterocycles. The molecule has 28 heavy (non-hydrogen) atoms. The molecule has 0 saturated carbocycles. The third-order valence-electron chi connectivity index (χ3n) is 4.53. The van der Waals surface area contributed by atoms with Gasteiger partial charge in [-0.1, -0.05) is 24.3 Å². The molecule has 2 aromatic heterocycles. The fourth-order valence-corrected chi connectivity index (χ4v) is 4.03. The Balaban J connectivity index is 1.53. The number of H-pyrrole nitrogens is 1. The molecule has 0 saturated heterocycles. The number of rotatable bonds is 5. The number of nitrogens with one attached hydrogen (secondary N) is 3. The van der Waals surface area contributed by atoms with Gasteiger partial charge in [-0.2, -0.15) is 0 Å². The van der Waals surface area contributed by atoms with Gasteiger partial charge in [0.1, 0.15) is 11.6 Å². The van der Waals surface area contributed by atoms with Gasteiger partial charge in [0.05, 0.1) is 5.69 Å². The van der Waals surface area contributed by atoms with Crippen LogP contribution in [0.25, 0.3) is 10.9 Å². The van der Waals surface area contributed by atoms with Crippen molar-refractivity contribution in [2.75, 3.05) is 11.9 Å². The van der Waals surface area contributed by atoms with Gasteiger partial charge in [0.15, 0.2) is 0 Å². The standard InChI is InChI=1S/C21H17F2N3OS/c22-13-7-8-19(17(23)10-13)26-21(27)25-12-16(20-6-3-9-28-20)15-11-24-18-5-2-1-4-14(15)18/h1-11,16,24H,12H2,(H2,25,26,27). The van der Waals surface area contributed by atoms with E-state index in [1.807, 2.05) is 48.0 Å². The van der Waals surface area contributed by atoms with E-state index < -0.39 is 17.7 Å². The van der Waals surface area contributed by atoms with E-state index in [9.17, 15) is 13.6 Å². The van der Waals surface area contributed by atoms with Gasteiger partial charge in [-0.3, -0.25) is 0 Å². The summed E-state index contributed by atoms with van der Waals surface area (Å²) in [6.45, 7) is 0.330. The normalized spacial score (nSPS) is 12.1. The summed E-state index contributed by atoms with van der Waals surface area (Å²) >= 11 is 1.61. The number of carbonyl (C=O) groups is 1. The van der Waals surface area contributed by atoms with Gasteiger partial charge in [-0.25, -0.2) is 13.6 Å². The number of hydrogen-bond donors (Lipinski definition) is 3. The van der Waals surface area contributed by atoms with Gasteiger partial charge in [-0.15, -0.1) is 11.3 Å². The van der Waals surface area contributed by atoms with Crippen LogP contribution >= 0.6 is 11.3 Å². The van der Waals surface area contributed by atoms with E-state index in [-0.39, 0.29) is 11.6 Å². The second-order valence-corrected chi connectivity index (χ2v) is 7.30. The average Bonchev–Trinajstić information content (AvgIpc) is 3.35. The Morgan fingerprint density at radius 3 is 2.75 bits per heavy atom. The maximum Gasteiger partial charge on any atom is 0.319 e. The molecule has 4 aromatic rings. The number of para-hydroxylation sites is 1. The van der Waals surface area contributed by atoms with E-state index in [0.29, 0.717) is 6.54 Å². The van der Waals surface area contributed by atoms with Crippen molar-refractivity contribution in [2.24, 2.45) is 0 Å². The highest BCUT2D eigenvalue weighted by molar-refractivity contribution is 7.10. The van der Waals surface area contributed by atoms with Crippen LogP contribution in [-0.4, -0.2) is 17.6 Å². The molecule has 0 aliphatic carbocycles.